The van der Waals surface area contributed by atoms with Gasteiger partial charge in [-0.1, -0.05) is 19.8 Å². The zero-order valence-corrected chi connectivity index (χ0v) is 7.75. The smallest absolute Gasteiger partial charge is 0.0733 e. The van der Waals surface area contributed by atoms with Crippen LogP contribution in [-0.4, -0.2) is 12.7 Å². The highest BCUT2D eigenvalue weighted by atomic mass is 16.5. The molecular formula is C10H17NO. The van der Waals surface area contributed by atoms with Gasteiger partial charge in [0.15, 0.2) is 0 Å². The third-order valence-corrected chi connectivity index (χ3v) is 2.45. The highest BCUT2D eigenvalue weighted by Gasteiger charge is 2.24. The fourth-order valence-electron chi connectivity index (χ4n) is 1.68. The van der Waals surface area contributed by atoms with Gasteiger partial charge in [-0.15, -0.1) is 0 Å². The van der Waals surface area contributed by atoms with Gasteiger partial charge in [-0.25, -0.2) is 0 Å². The van der Waals surface area contributed by atoms with Crippen LogP contribution in [0.4, 0.5) is 0 Å². The molecule has 2 atom stereocenters. The lowest BCUT2D eigenvalue weighted by atomic mass is 9.92. The summed E-state index contributed by atoms with van der Waals surface area (Å²) in [5.74, 6) is 0.158. The van der Waals surface area contributed by atoms with E-state index in [1.54, 1.807) is 0 Å². The maximum atomic E-state index is 8.83. The lowest BCUT2D eigenvalue weighted by Gasteiger charge is -2.26. The summed E-state index contributed by atoms with van der Waals surface area (Å²) in [5.41, 5.74) is 0. The molecule has 1 fully saturated rings. The average molecular weight is 167 g/mol. The van der Waals surface area contributed by atoms with Crippen molar-refractivity contribution in [3.05, 3.63) is 0 Å². The second-order valence-electron chi connectivity index (χ2n) is 3.43. The molecule has 12 heavy (non-hydrogen) atoms. The van der Waals surface area contributed by atoms with Gasteiger partial charge in [0, 0.05) is 6.61 Å². The first kappa shape index (κ1) is 9.54. The van der Waals surface area contributed by atoms with E-state index in [9.17, 15) is 0 Å². The van der Waals surface area contributed by atoms with Crippen LogP contribution in [0.15, 0.2) is 0 Å². The molecule has 0 N–H and O–H groups in total. The van der Waals surface area contributed by atoms with Gasteiger partial charge in [-0.05, 0) is 19.3 Å². The third kappa shape index (κ3) is 2.49. The van der Waals surface area contributed by atoms with E-state index >= 15 is 0 Å². The normalized spacial score (nSPS) is 29.7. The van der Waals surface area contributed by atoms with Crippen LogP contribution in [-0.2, 0) is 4.74 Å². The molecule has 68 valence electrons. The highest BCUT2D eigenvalue weighted by Crippen LogP contribution is 2.23. The molecule has 0 bridgehead atoms. The zero-order chi connectivity index (χ0) is 8.81. The maximum Gasteiger partial charge on any atom is 0.0733 e. The summed E-state index contributed by atoms with van der Waals surface area (Å²) < 4.78 is 5.56. The van der Waals surface area contributed by atoms with Crippen molar-refractivity contribution >= 4 is 0 Å². The molecule has 0 aromatic heterocycles. The van der Waals surface area contributed by atoms with Gasteiger partial charge in [-0.3, -0.25) is 0 Å². The first-order valence-corrected chi connectivity index (χ1v) is 4.89. The van der Waals surface area contributed by atoms with E-state index in [-0.39, 0.29) is 12.0 Å². The van der Waals surface area contributed by atoms with Crippen LogP contribution in [0.5, 0.6) is 0 Å². The Bertz CT molecular complexity index is 162. The molecule has 1 saturated heterocycles. The Morgan fingerprint density at radius 2 is 2.42 bits per heavy atom. The first-order valence-electron chi connectivity index (χ1n) is 4.89. The second kappa shape index (κ2) is 5.16. The number of unbranched alkanes of at least 4 members (excludes halogenated alkanes) is 1. The van der Waals surface area contributed by atoms with E-state index in [1.807, 2.05) is 0 Å². The summed E-state index contributed by atoms with van der Waals surface area (Å²) in [6.45, 7) is 3.02. The molecule has 0 aromatic carbocycles. The molecular weight excluding hydrogens is 150 g/mol. The fraction of sp³-hybridized carbons (Fsp3) is 0.900. The van der Waals surface area contributed by atoms with E-state index < -0.39 is 0 Å². The minimum atomic E-state index is 0.158. The van der Waals surface area contributed by atoms with E-state index in [2.05, 4.69) is 13.0 Å². The van der Waals surface area contributed by atoms with Crippen LogP contribution in [0.1, 0.15) is 39.0 Å². The minimum absolute atomic E-state index is 0.158. The van der Waals surface area contributed by atoms with E-state index in [4.69, 9.17) is 10.00 Å². The van der Waals surface area contributed by atoms with Crippen molar-refractivity contribution in [1.82, 2.24) is 0 Å². The van der Waals surface area contributed by atoms with E-state index in [1.165, 1.54) is 12.8 Å². The summed E-state index contributed by atoms with van der Waals surface area (Å²) in [5, 5.41) is 8.83. The van der Waals surface area contributed by atoms with Crippen molar-refractivity contribution in [1.29, 1.82) is 5.26 Å². The summed E-state index contributed by atoms with van der Waals surface area (Å²) in [4.78, 5) is 0. The Balaban J connectivity index is 2.32. The largest absolute Gasteiger partial charge is 0.377 e. The summed E-state index contributed by atoms with van der Waals surface area (Å²) >= 11 is 0. The maximum absolute atomic E-state index is 8.83. The molecule has 1 aliphatic rings. The van der Waals surface area contributed by atoms with Gasteiger partial charge >= 0.3 is 0 Å². The van der Waals surface area contributed by atoms with Crippen LogP contribution in [0.25, 0.3) is 0 Å². The number of ether oxygens (including phenoxy) is 1. The van der Waals surface area contributed by atoms with Crippen molar-refractivity contribution in [3.8, 4) is 6.07 Å². The monoisotopic (exact) mass is 167 g/mol. The summed E-state index contributed by atoms with van der Waals surface area (Å²) in [6, 6.07) is 2.34. The molecule has 1 rings (SSSR count). The SMILES string of the molecule is CCCCC1OCCCC1C#N. The second-order valence-corrected chi connectivity index (χ2v) is 3.43. The lowest BCUT2D eigenvalue weighted by molar-refractivity contribution is -0.0142. The van der Waals surface area contributed by atoms with Crippen LogP contribution in [0.3, 0.4) is 0 Å². The number of hydrogen-bond donors (Lipinski definition) is 0. The number of nitriles is 1. The number of rotatable bonds is 3. The quantitative estimate of drug-likeness (QED) is 0.647. The van der Waals surface area contributed by atoms with Gasteiger partial charge < -0.3 is 4.74 Å². The molecule has 0 spiro atoms. The molecule has 1 aliphatic heterocycles. The van der Waals surface area contributed by atoms with Gasteiger partial charge in [0.05, 0.1) is 18.1 Å². The van der Waals surface area contributed by atoms with Crippen LogP contribution in [0, 0.1) is 17.2 Å². The van der Waals surface area contributed by atoms with Crippen molar-refractivity contribution in [2.45, 2.75) is 45.1 Å². The lowest BCUT2D eigenvalue weighted by Crippen LogP contribution is -2.28. The molecule has 2 nitrogen and oxygen atoms in total. The molecule has 0 aliphatic carbocycles. The predicted molar refractivity (Wildman–Crippen MR) is 47.6 cm³/mol. The van der Waals surface area contributed by atoms with Crippen LogP contribution in [0.2, 0.25) is 0 Å². The van der Waals surface area contributed by atoms with Crippen molar-refractivity contribution in [2.24, 2.45) is 5.92 Å². The molecule has 0 amide bonds. The Morgan fingerprint density at radius 1 is 1.58 bits per heavy atom. The topological polar surface area (TPSA) is 33.0 Å². The Labute approximate surface area is 74.5 Å². The van der Waals surface area contributed by atoms with Crippen LogP contribution < -0.4 is 0 Å². The standard InChI is InChI=1S/C10H17NO/c1-2-3-6-10-9(8-11)5-4-7-12-10/h9-10H,2-7H2,1H3. The van der Waals surface area contributed by atoms with E-state index in [0.717, 1.165) is 25.9 Å². The van der Waals surface area contributed by atoms with Crippen LogP contribution >= 0.6 is 0 Å². The number of nitrogens with zero attached hydrogens (tertiary/aromatic N) is 1. The Hall–Kier alpha value is -0.550. The van der Waals surface area contributed by atoms with Gasteiger partial charge in [0.25, 0.3) is 0 Å². The van der Waals surface area contributed by atoms with Gasteiger partial charge in [0.1, 0.15) is 0 Å². The van der Waals surface area contributed by atoms with Crippen molar-refractivity contribution in [2.75, 3.05) is 6.61 Å². The molecule has 0 saturated carbocycles. The Morgan fingerprint density at radius 3 is 3.08 bits per heavy atom. The molecule has 0 radical (unpaired) electrons. The summed E-state index contributed by atoms with van der Waals surface area (Å²) in [6.07, 6.45) is 5.75. The van der Waals surface area contributed by atoms with Crippen molar-refractivity contribution < 1.29 is 4.74 Å². The highest BCUT2D eigenvalue weighted by molar-refractivity contribution is 4.90. The third-order valence-electron chi connectivity index (χ3n) is 2.45. The zero-order valence-electron chi connectivity index (χ0n) is 7.75. The predicted octanol–water partition coefficient (Wildman–Crippen LogP) is 2.50. The average Bonchev–Trinajstić information content (AvgIpc) is 2.15. The summed E-state index contributed by atoms with van der Waals surface area (Å²) in [7, 11) is 0. The fourth-order valence-corrected chi connectivity index (χ4v) is 1.68. The molecule has 2 unspecified atom stereocenters. The molecule has 2 heteroatoms. The Kier molecular flexibility index (Phi) is 4.10. The molecule has 1 heterocycles. The number of hydrogen-bond acceptors (Lipinski definition) is 2. The minimum Gasteiger partial charge on any atom is -0.377 e. The van der Waals surface area contributed by atoms with Crippen molar-refractivity contribution in [3.63, 3.8) is 0 Å². The van der Waals surface area contributed by atoms with Gasteiger partial charge in [0.2, 0.25) is 0 Å². The first-order chi connectivity index (χ1) is 5.88. The van der Waals surface area contributed by atoms with Gasteiger partial charge in [-0.2, -0.15) is 5.26 Å². The van der Waals surface area contributed by atoms with E-state index in [0.29, 0.717) is 0 Å². The molecule has 0 aromatic rings.